The molecule has 3 heterocycles. The van der Waals surface area contributed by atoms with Crippen molar-refractivity contribution in [2.24, 2.45) is 7.05 Å². The predicted molar refractivity (Wildman–Crippen MR) is 73.8 cm³/mol. The third-order valence-electron chi connectivity index (χ3n) is 3.10. The molecule has 114 valence electrons. The molecule has 0 radical (unpaired) electrons. The van der Waals surface area contributed by atoms with Crippen LogP contribution in [-0.4, -0.2) is 34.7 Å². The molecule has 22 heavy (non-hydrogen) atoms. The molecule has 10 nitrogen and oxygen atoms in total. The van der Waals surface area contributed by atoms with Crippen molar-refractivity contribution in [2.45, 2.75) is 19.9 Å². The molecule has 3 rings (SSSR count). The van der Waals surface area contributed by atoms with Crippen molar-refractivity contribution >= 4 is 5.69 Å². The molecule has 10 heteroatoms. The highest BCUT2D eigenvalue weighted by atomic mass is 16.6. The number of nitro groups is 1. The van der Waals surface area contributed by atoms with E-state index in [9.17, 15) is 10.1 Å². The highest BCUT2D eigenvalue weighted by molar-refractivity contribution is 5.54. The van der Waals surface area contributed by atoms with Crippen LogP contribution in [0.3, 0.4) is 0 Å². The number of hydrogen-bond acceptors (Lipinski definition) is 7. The normalized spacial score (nSPS) is 11.0. The van der Waals surface area contributed by atoms with E-state index in [-0.39, 0.29) is 5.69 Å². The molecule has 0 saturated heterocycles. The summed E-state index contributed by atoms with van der Waals surface area (Å²) in [5.74, 6) is 0.850. The second-order valence-corrected chi connectivity index (χ2v) is 4.77. The second kappa shape index (κ2) is 5.39. The van der Waals surface area contributed by atoms with E-state index in [2.05, 4.69) is 20.4 Å². The fraction of sp³-hybridized carbons (Fsp3) is 0.333. The number of aryl methyl sites for hydroxylation is 4. The first-order valence-corrected chi connectivity index (χ1v) is 6.53. The van der Waals surface area contributed by atoms with Gasteiger partial charge in [-0.15, -0.1) is 10.2 Å². The summed E-state index contributed by atoms with van der Waals surface area (Å²) >= 11 is 0. The van der Waals surface area contributed by atoms with Crippen molar-refractivity contribution in [1.29, 1.82) is 0 Å². The van der Waals surface area contributed by atoms with E-state index in [0.29, 0.717) is 24.7 Å². The summed E-state index contributed by atoms with van der Waals surface area (Å²) in [5.41, 5.74) is 1.55. The zero-order valence-corrected chi connectivity index (χ0v) is 12.0. The lowest BCUT2D eigenvalue weighted by molar-refractivity contribution is -0.385. The summed E-state index contributed by atoms with van der Waals surface area (Å²) < 4.78 is 8.74. The molecule has 0 spiro atoms. The lowest BCUT2D eigenvalue weighted by Crippen LogP contribution is -2.01. The van der Waals surface area contributed by atoms with Crippen LogP contribution in [0.25, 0.3) is 11.5 Å². The maximum absolute atomic E-state index is 10.6. The van der Waals surface area contributed by atoms with Crippen LogP contribution in [-0.2, 0) is 20.0 Å². The summed E-state index contributed by atoms with van der Waals surface area (Å²) in [6.07, 6.45) is 4.81. The van der Waals surface area contributed by atoms with Crippen LogP contribution in [0.2, 0.25) is 0 Å². The van der Waals surface area contributed by atoms with Crippen LogP contribution in [0.15, 0.2) is 23.0 Å². The maximum Gasteiger partial charge on any atom is 0.306 e. The van der Waals surface area contributed by atoms with Crippen molar-refractivity contribution in [3.63, 3.8) is 0 Å². The molecule has 0 aliphatic rings. The molecule has 0 amide bonds. The smallest absolute Gasteiger partial charge is 0.306 e. The standard InChI is InChI=1S/C12H13N7O3/c1-8-10(7-17(2)16-8)12-15-14-11(22-12)3-4-18-6-9(5-13-18)19(20)21/h5-7H,3-4H2,1-2H3. The van der Waals surface area contributed by atoms with Gasteiger partial charge in [-0.3, -0.25) is 19.5 Å². The zero-order chi connectivity index (χ0) is 15.7. The Hall–Kier alpha value is -3.04. The quantitative estimate of drug-likeness (QED) is 0.512. The Kier molecular flexibility index (Phi) is 3.41. The maximum atomic E-state index is 10.6. The lowest BCUT2D eigenvalue weighted by Gasteiger charge is -1.96. The Balaban J connectivity index is 1.69. The van der Waals surface area contributed by atoms with Crippen molar-refractivity contribution in [2.75, 3.05) is 0 Å². The van der Waals surface area contributed by atoms with Gasteiger partial charge in [0.15, 0.2) is 0 Å². The number of nitrogens with zero attached hydrogens (tertiary/aromatic N) is 7. The van der Waals surface area contributed by atoms with Gasteiger partial charge in [-0.05, 0) is 6.92 Å². The van der Waals surface area contributed by atoms with Crippen LogP contribution in [0.4, 0.5) is 5.69 Å². The molecule has 0 aliphatic carbocycles. The topological polar surface area (TPSA) is 118 Å². The second-order valence-electron chi connectivity index (χ2n) is 4.77. The van der Waals surface area contributed by atoms with Crippen LogP contribution >= 0.6 is 0 Å². The minimum atomic E-state index is -0.487. The first-order chi connectivity index (χ1) is 10.5. The van der Waals surface area contributed by atoms with Crippen LogP contribution in [0.1, 0.15) is 11.6 Å². The molecular weight excluding hydrogens is 290 g/mol. The Bertz CT molecular complexity index is 816. The van der Waals surface area contributed by atoms with Crippen molar-refractivity contribution in [3.05, 3.63) is 40.3 Å². The Morgan fingerprint density at radius 1 is 1.36 bits per heavy atom. The van der Waals surface area contributed by atoms with Gasteiger partial charge in [0, 0.05) is 26.2 Å². The zero-order valence-electron chi connectivity index (χ0n) is 12.0. The SMILES string of the molecule is Cc1nn(C)cc1-c1nnc(CCn2cc([N+](=O)[O-])cn2)o1. The lowest BCUT2D eigenvalue weighted by atomic mass is 10.3. The molecule has 0 aliphatic heterocycles. The van der Waals surface area contributed by atoms with E-state index < -0.39 is 4.92 Å². The average Bonchev–Trinajstić information content (AvgIpc) is 3.16. The van der Waals surface area contributed by atoms with Gasteiger partial charge in [0.1, 0.15) is 12.4 Å². The first-order valence-electron chi connectivity index (χ1n) is 6.53. The van der Waals surface area contributed by atoms with E-state index >= 15 is 0 Å². The fourth-order valence-electron chi connectivity index (χ4n) is 2.05. The van der Waals surface area contributed by atoms with E-state index in [0.717, 1.165) is 11.3 Å². The molecule has 0 atom stereocenters. The Morgan fingerprint density at radius 2 is 2.18 bits per heavy atom. The van der Waals surface area contributed by atoms with Crippen LogP contribution in [0.5, 0.6) is 0 Å². The number of hydrogen-bond donors (Lipinski definition) is 0. The average molecular weight is 303 g/mol. The molecule has 3 aromatic rings. The van der Waals surface area contributed by atoms with Gasteiger partial charge < -0.3 is 4.42 Å². The number of aromatic nitrogens is 6. The minimum absolute atomic E-state index is 0.0443. The van der Waals surface area contributed by atoms with E-state index in [1.807, 2.05) is 20.2 Å². The molecule has 0 saturated carbocycles. The monoisotopic (exact) mass is 303 g/mol. The third kappa shape index (κ3) is 2.71. The molecule has 0 aromatic carbocycles. The molecule has 3 aromatic heterocycles. The highest BCUT2D eigenvalue weighted by Crippen LogP contribution is 2.20. The van der Waals surface area contributed by atoms with Crippen molar-refractivity contribution in [3.8, 4) is 11.5 Å². The first kappa shape index (κ1) is 13.9. The summed E-state index contributed by atoms with van der Waals surface area (Å²) in [6, 6.07) is 0. The van der Waals surface area contributed by atoms with Gasteiger partial charge in [0.05, 0.1) is 16.2 Å². The van der Waals surface area contributed by atoms with Gasteiger partial charge >= 0.3 is 5.69 Å². The van der Waals surface area contributed by atoms with Crippen LogP contribution < -0.4 is 0 Å². The van der Waals surface area contributed by atoms with Crippen molar-refractivity contribution in [1.82, 2.24) is 29.8 Å². The summed E-state index contributed by atoms with van der Waals surface area (Å²) in [5, 5.41) is 26.7. The van der Waals surface area contributed by atoms with Gasteiger partial charge in [-0.25, -0.2) is 0 Å². The Morgan fingerprint density at radius 3 is 2.82 bits per heavy atom. The Labute approximate surface area is 124 Å². The van der Waals surface area contributed by atoms with Crippen molar-refractivity contribution < 1.29 is 9.34 Å². The fourth-order valence-corrected chi connectivity index (χ4v) is 2.05. The van der Waals surface area contributed by atoms with Gasteiger partial charge in [-0.1, -0.05) is 0 Å². The summed E-state index contributed by atoms with van der Waals surface area (Å²) in [4.78, 5) is 10.1. The largest absolute Gasteiger partial charge is 0.421 e. The van der Waals surface area contributed by atoms with Gasteiger partial charge in [0.25, 0.3) is 5.89 Å². The van der Waals surface area contributed by atoms with E-state index in [1.165, 1.54) is 17.1 Å². The highest BCUT2D eigenvalue weighted by Gasteiger charge is 2.14. The molecule has 0 unspecified atom stereocenters. The van der Waals surface area contributed by atoms with E-state index in [4.69, 9.17) is 4.42 Å². The third-order valence-corrected chi connectivity index (χ3v) is 3.10. The minimum Gasteiger partial charge on any atom is -0.421 e. The number of rotatable bonds is 5. The molecule has 0 bridgehead atoms. The summed E-state index contributed by atoms with van der Waals surface area (Å²) in [7, 11) is 1.82. The predicted octanol–water partition coefficient (Wildman–Crippen LogP) is 1.13. The molecule has 0 fully saturated rings. The molecule has 0 N–H and O–H groups in total. The van der Waals surface area contributed by atoms with Crippen LogP contribution in [0, 0.1) is 17.0 Å². The van der Waals surface area contributed by atoms with Gasteiger partial charge in [0.2, 0.25) is 5.89 Å². The van der Waals surface area contributed by atoms with Gasteiger partial charge in [-0.2, -0.15) is 10.2 Å². The van der Waals surface area contributed by atoms with E-state index in [1.54, 1.807) is 4.68 Å². The molecular formula is C12H13N7O3. The summed E-state index contributed by atoms with van der Waals surface area (Å²) in [6.45, 7) is 2.28.